The van der Waals surface area contributed by atoms with E-state index in [0.29, 0.717) is 19.4 Å². The van der Waals surface area contributed by atoms with E-state index in [9.17, 15) is 4.79 Å². The van der Waals surface area contributed by atoms with Gasteiger partial charge in [0, 0.05) is 52.4 Å². The number of rotatable bonds is 6. The van der Waals surface area contributed by atoms with E-state index in [4.69, 9.17) is 4.74 Å². The van der Waals surface area contributed by atoms with Gasteiger partial charge in [-0.15, -0.1) is 11.3 Å². The number of hydrogen-bond acceptors (Lipinski definition) is 6. The number of carbonyl (C=O) groups is 1. The fraction of sp³-hybridized carbons (Fsp3) is 0.238. The van der Waals surface area contributed by atoms with Crippen molar-refractivity contribution in [1.82, 2.24) is 15.0 Å². The molecular weight excluding hydrogens is 358 g/mol. The maximum atomic E-state index is 12.4. The summed E-state index contributed by atoms with van der Waals surface area (Å²) in [7, 11) is 0. The predicted molar refractivity (Wildman–Crippen MR) is 105 cm³/mol. The molecule has 3 aromatic rings. The van der Waals surface area contributed by atoms with E-state index in [1.54, 1.807) is 36.1 Å². The molecule has 0 bridgehead atoms. The Morgan fingerprint density at radius 1 is 1.07 bits per heavy atom. The van der Waals surface area contributed by atoms with Gasteiger partial charge in [0.05, 0.1) is 25.1 Å². The van der Waals surface area contributed by atoms with Gasteiger partial charge in [-0.2, -0.15) is 0 Å². The van der Waals surface area contributed by atoms with Crippen LogP contribution in [0.1, 0.15) is 21.9 Å². The standard InChI is InChI=1S/C21H19N3O2S/c25-18(12-19-3-4-21(27-19)15-5-9-26-10-6-15)11-17-2-1-16(13-24-17)20-14-22-7-8-23-20/h1-5,7-8,13-14H,6,9-12H2. The summed E-state index contributed by atoms with van der Waals surface area (Å²) in [4.78, 5) is 27.5. The van der Waals surface area contributed by atoms with Crippen LogP contribution in [-0.2, 0) is 22.4 Å². The van der Waals surface area contributed by atoms with Crippen LogP contribution in [0.4, 0.5) is 0 Å². The van der Waals surface area contributed by atoms with Gasteiger partial charge in [-0.25, -0.2) is 0 Å². The fourth-order valence-corrected chi connectivity index (χ4v) is 4.09. The lowest BCUT2D eigenvalue weighted by Gasteiger charge is -2.11. The van der Waals surface area contributed by atoms with Crippen LogP contribution in [0.15, 0.2) is 55.1 Å². The van der Waals surface area contributed by atoms with Crippen molar-refractivity contribution in [3.63, 3.8) is 0 Å². The van der Waals surface area contributed by atoms with Gasteiger partial charge in [-0.1, -0.05) is 6.08 Å². The van der Waals surface area contributed by atoms with Gasteiger partial charge in [0.25, 0.3) is 0 Å². The molecule has 0 atom stereocenters. The predicted octanol–water partition coefficient (Wildman–Crippen LogP) is 3.76. The molecule has 0 fully saturated rings. The molecule has 3 aromatic heterocycles. The summed E-state index contributed by atoms with van der Waals surface area (Å²) >= 11 is 1.70. The molecule has 0 radical (unpaired) electrons. The van der Waals surface area contributed by atoms with Crippen LogP contribution in [0, 0.1) is 0 Å². The first-order valence-corrected chi connectivity index (χ1v) is 9.68. The maximum absolute atomic E-state index is 12.4. The number of ketones is 1. The lowest BCUT2D eigenvalue weighted by atomic mass is 10.1. The van der Waals surface area contributed by atoms with E-state index in [0.717, 1.165) is 34.9 Å². The molecule has 0 saturated carbocycles. The van der Waals surface area contributed by atoms with E-state index < -0.39 is 0 Å². The maximum Gasteiger partial charge on any atom is 0.144 e. The van der Waals surface area contributed by atoms with E-state index in [1.165, 1.54) is 10.5 Å². The third-order valence-electron chi connectivity index (χ3n) is 4.37. The molecule has 0 N–H and O–H groups in total. The average Bonchev–Trinajstić information content (AvgIpc) is 3.18. The second-order valence-electron chi connectivity index (χ2n) is 6.34. The summed E-state index contributed by atoms with van der Waals surface area (Å²) in [6.07, 6.45) is 10.6. The minimum atomic E-state index is 0.170. The highest BCUT2D eigenvalue weighted by Crippen LogP contribution is 2.28. The molecule has 0 spiro atoms. The lowest BCUT2D eigenvalue weighted by Crippen LogP contribution is -2.07. The Bertz CT molecular complexity index is 949. The summed E-state index contributed by atoms with van der Waals surface area (Å²) < 4.78 is 5.36. The molecule has 4 heterocycles. The second kappa shape index (κ2) is 8.33. The molecule has 4 rings (SSSR count). The van der Waals surface area contributed by atoms with Crippen LogP contribution < -0.4 is 0 Å². The first-order valence-electron chi connectivity index (χ1n) is 8.87. The largest absolute Gasteiger partial charge is 0.377 e. The van der Waals surface area contributed by atoms with Crippen LogP contribution >= 0.6 is 11.3 Å². The molecule has 0 unspecified atom stereocenters. The molecule has 6 heteroatoms. The normalized spacial score (nSPS) is 14.0. The Balaban J connectivity index is 1.37. The van der Waals surface area contributed by atoms with Crippen molar-refractivity contribution in [3.05, 3.63) is 70.6 Å². The molecule has 27 heavy (non-hydrogen) atoms. The van der Waals surface area contributed by atoms with Gasteiger partial charge < -0.3 is 4.74 Å². The lowest BCUT2D eigenvalue weighted by molar-refractivity contribution is -0.117. The Hall–Kier alpha value is -2.70. The number of ether oxygens (including phenoxy) is 1. The SMILES string of the molecule is O=C(Cc1ccc(-c2cnccn2)cn1)Cc1ccc(C2=CCOCC2)s1. The molecule has 1 aliphatic heterocycles. The highest BCUT2D eigenvalue weighted by Gasteiger charge is 2.12. The zero-order valence-corrected chi connectivity index (χ0v) is 15.6. The molecule has 0 amide bonds. The third kappa shape index (κ3) is 4.53. The van der Waals surface area contributed by atoms with E-state index in [2.05, 4.69) is 33.2 Å². The first kappa shape index (κ1) is 17.7. The van der Waals surface area contributed by atoms with Crippen molar-refractivity contribution in [3.8, 4) is 11.3 Å². The van der Waals surface area contributed by atoms with Gasteiger partial charge in [0.15, 0.2) is 0 Å². The monoisotopic (exact) mass is 377 g/mol. The molecule has 136 valence electrons. The smallest absolute Gasteiger partial charge is 0.144 e. The highest BCUT2D eigenvalue weighted by molar-refractivity contribution is 7.13. The number of pyridine rings is 1. The minimum absolute atomic E-state index is 0.170. The number of hydrogen-bond donors (Lipinski definition) is 0. The number of carbonyl (C=O) groups excluding carboxylic acids is 1. The molecular formula is C21H19N3O2S. The van der Waals surface area contributed by atoms with Crippen molar-refractivity contribution in [2.24, 2.45) is 0 Å². The Labute approximate surface area is 161 Å². The Morgan fingerprint density at radius 2 is 2.04 bits per heavy atom. The zero-order chi connectivity index (χ0) is 18.5. The van der Waals surface area contributed by atoms with Gasteiger partial charge in [-0.05, 0) is 36.3 Å². The quantitative estimate of drug-likeness (QED) is 0.654. The van der Waals surface area contributed by atoms with Crippen molar-refractivity contribution in [1.29, 1.82) is 0 Å². The number of nitrogens with zero attached hydrogens (tertiary/aromatic N) is 3. The topological polar surface area (TPSA) is 65.0 Å². The van der Waals surface area contributed by atoms with Crippen molar-refractivity contribution in [2.75, 3.05) is 13.2 Å². The molecule has 0 saturated heterocycles. The van der Waals surface area contributed by atoms with Gasteiger partial charge in [0.2, 0.25) is 0 Å². The van der Waals surface area contributed by atoms with Crippen molar-refractivity contribution < 1.29 is 9.53 Å². The summed E-state index contributed by atoms with van der Waals surface area (Å²) in [6.45, 7) is 1.45. The van der Waals surface area contributed by atoms with Crippen LogP contribution in [0.5, 0.6) is 0 Å². The number of thiophene rings is 1. The molecule has 1 aliphatic rings. The molecule has 0 aromatic carbocycles. The van der Waals surface area contributed by atoms with Crippen LogP contribution in [0.25, 0.3) is 16.8 Å². The van der Waals surface area contributed by atoms with Crippen LogP contribution in [0.3, 0.4) is 0 Å². The first-order chi connectivity index (χ1) is 13.3. The Morgan fingerprint density at radius 3 is 2.78 bits per heavy atom. The number of Topliss-reactive ketones (excluding diaryl/α,β-unsaturated/α-hetero) is 1. The van der Waals surface area contributed by atoms with Gasteiger partial charge >= 0.3 is 0 Å². The average molecular weight is 377 g/mol. The zero-order valence-electron chi connectivity index (χ0n) is 14.8. The Kier molecular flexibility index (Phi) is 5.46. The van der Waals surface area contributed by atoms with E-state index in [-0.39, 0.29) is 5.78 Å². The summed E-state index contributed by atoms with van der Waals surface area (Å²) in [5.41, 5.74) is 3.77. The van der Waals surface area contributed by atoms with Gasteiger partial charge in [-0.3, -0.25) is 19.7 Å². The minimum Gasteiger partial charge on any atom is -0.377 e. The third-order valence-corrected chi connectivity index (χ3v) is 5.54. The molecule has 5 nitrogen and oxygen atoms in total. The molecule has 0 aliphatic carbocycles. The second-order valence-corrected chi connectivity index (χ2v) is 7.51. The van der Waals surface area contributed by atoms with Crippen LogP contribution in [0.2, 0.25) is 0 Å². The summed E-state index contributed by atoms with van der Waals surface area (Å²) in [6, 6.07) is 7.98. The van der Waals surface area contributed by atoms with Crippen LogP contribution in [-0.4, -0.2) is 33.9 Å². The van der Waals surface area contributed by atoms with E-state index >= 15 is 0 Å². The summed E-state index contributed by atoms with van der Waals surface area (Å²) in [5.74, 6) is 0.170. The fourth-order valence-electron chi connectivity index (χ4n) is 2.98. The van der Waals surface area contributed by atoms with Crippen molar-refractivity contribution in [2.45, 2.75) is 19.3 Å². The summed E-state index contributed by atoms with van der Waals surface area (Å²) in [5, 5.41) is 0. The van der Waals surface area contributed by atoms with Crippen molar-refractivity contribution >= 4 is 22.7 Å². The van der Waals surface area contributed by atoms with Gasteiger partial charge in [0.1, 0.15) is 5.78 Å². The highest BCUT2D eigenvalue weighted by atomic mass is 32.1. The number of aromatic nitrogens is 3. The van der Waals surface area contributed by atoms with E-state index in [1.807, 2.05) is 12.1 Å².